The molecule has 0 atom stereocenters. The molecule has 0 radical (unpaired) electrons. The van der Waals surface area contributed by atoms with Crippen LogP contribution in [0.3, 0.4) is 0 Å². The Morgan fingerprint density at radius 1 is 1.00 bits per heavy atom. The largest absolute Gasteiger partial charge is 0.506 e. The summed E-state index contributed by atoms with van der Waals surface area (Å²) in [6.45, 7) is 7.68. The Morgan fingerprint density at radius 3 is 2.48 bits per heavy atom. The van der Waals surface area contributed by atoms with Crippen LogP contribution in [0.15, 0.2) is 27.4 Å². The molecule has 0 fully saturated rings. The van der Waals surface area contributed by atoms with Gasteiger partial charge in [0.05, 0.1) is 10.9 Å². The number of ether oxygens (including phenoxy) is 2. The highest BCUT2D eigenvalue weighted by molar-refractivity contribution is 5.99. The van der Waals surface area contributed by atoms with Gasteiger partial charge >= 0.3 is 0 Å². The zero-order valence-electron chi connectivity index (χ0n) is 16.8. The fraction of sp³-hybridized carbons (Fsp3) is 0.348. The van der Waals surface area contributed by atoms with Crippen molar-refractivity contribution in [2.24, 2.45) is 0 Å². The highest BCUT2D eigenvalue weighted by Gasteiger charge is 2.33. The Hall–Kier alpha value is -3.15. The average molecular weight is 394 g/mol. The zero-order valence-corrected chi connectivity index (χ0v) is 16.8. The third-order valence-corrected chi connectivity index (χ3v) is 5.64. The van der Waals surface area contributed by atoms with Gasteiger partial charge < -0.3 is 24.1 Å². The molecule has 2 N–H and O–H groups in total. The Morgan fingerprint density at radius 2 is 1.72 bits per heavy atom. The van der Waals surface area contributed by atoms with Crippen molar-refractivity contribution in [1.29, 1.82) is 0 Å². The predicted octanol–water partition coefficient (Wildman–Crippen LogP) is 4.65. The van der Waals surface area contributed by atoms with Crippen LogP contribution in [0.1, 0.15) is 45.2 Å². The van der Waals surface area contributed by atoms with Crippen molar-refractivity contribution in [3.8, 4) is 23.0 Å². The summed E-state index contributed by atoms with van der Waals surface area (Å²) >= 11 is 0. The summed E-state index contributed by atoms with van der Waals surface area (Å²) in [6.07, 6.45) is 4.85. The van der Waals surface area contributed by atoms with E-state index in [1.165, 1.54) is 6.07 Å². The first-order chi connectivity index (χ1) is 13.6. The smallest absolute Gasteiger partial charge is 0.204 e. The lowest BCUT2D eigenvalue weighted by atomic mass is 9.91. The first-order valence-corrected chi connectivity index (χ1v) is 9.65. The van der Waals surface area contributed by atoms with Crippen molar-refractivity contribution in [1.82, 2.24) is 0 Å². The SMILES string of the molecule is CC1(C)C=Cc2c(cc3oc4cc(O)c5c(c4c(=O)c3c2O)CCC(C)(C)O5)O1. The van der Waals surface area contributed by atoms with Crippen LogP contribution in [0.4, 0.5) is 0 Å². The maximum absolute atomic E-state index is 13.4. The summed E-state index contributed by atoms with van der Waals surface area (Å²) < 4.78 is 17.8. The first kappa shape index (κ1) is 17.9. The van der Waals surface area contributed by atoms with Gasteiger partial charge in [-0.15, -0.1) is 0 Å². The van der Waals surface area contributed by atoms with Crippen molar-refractivity contribution < 1.29 is 24.1 Å². The second kappa shape index (κ2) is 5.47. The summed E-state index contributed by atoms with van der Waals surface area (Å²) in [4.78, 5) is 13.4. The van der Waals surface area contributed by atoms with Crippen LogP contribution in [0, 0.1) is 0 Å². The molecule has 0 amide bonds. The molecule has 0 spiro atoms. The van der Waals surface area contributed by atoms with Crippen LogP contribution in [-0.2, 0) is 6.42 Å². The molecular weight excluding hydrogens is 372 g/mol. The molecular formula is C23H22O6. The molecule has 2 aromatic carbocycles. The maximum atomic E-state index is 13.4. The van der Waals surface area contributed by atoms with Gasteiger partial charge in [-0.1, -0.05) is 0 Å². The molecule has 0 saturated carbocycles. The molecule has 0 aliphatic carbocycles. The minimum absolute atomic E-state index is 0.0646. The van der Waals surface area contributed by atoms with Crippen molar-refractivity contribution in [2.45, 2.75) is 51.7 Å². The van der Waals surface area contributed by atoms with E-state index < -0.39 is 11.2 Å². The van der Waals surface area contributed by atoms with Crippen LogP contribution in [0.25, 0.3) is 28.0 Å². The molecule has 2 aliphatic heterocycles. The van der Waals surface area contributed by atoms with Crippen LogP contribution < -0.4 is 14.9 Å². The Bertz CT molecular complexity index is 1290. The monoisotopic (exact) mass is 394 g/mol. The maximum Gasteiger partial charge on any atom is 0.204 e. The van der Waals surface area contributed by atoms with Gasteiger partial charge in [0.1, 0.15) is 39.3 Å². The quantitative estimate of drug-likeness (QED) is 0.540. The highest BCUT2D eigenvalue weighted by Crippen LogP contribution is 2.45. The molecule has 29 heavy (non-hydrogen) atoms. The molecule has 0 bridgehead atoms. The molecule has 5 rings (SSSR count). The molecule has 3 heterocycles. The molecule has 6 heteroatoms. The van der Waals surface area contributed by atoms with E-state index in [0.29, 0.717) is 40.9 Å². The lowest BCUT2D eigenvalue weighted by Crippen LogP contribution is -2.33. The van der Waals surface area contributed by atoms with Crippen LogP contribution in [-0.4, -0.2) is 21.4 Å². The fourth-order valence-corrected chi connectivity index (χ4v) is 4.14. The first-order valence-electron chi connectivity index (χ1n) is 9.65. The van der Waals surface area contributed by atoms with Gasteiger partial charge in [-0.05, 0) is 52.7 Å². The van der Waals surface area contributed by atoms with Gasteiger partial charge in [-0.2, -0.15) is 0 Å². The third kappa shape index (κ3) is 2.58. The lowest BCUT2D eigenvalue weighted by Gasteiger charge is -2.33. The van der Waals surface area contributed by atoms with Gasteiger partial charge in [0.2, 0.25) is 5.43 Å². The molecule has 0 saturated heterocycles. The number of phenols is 2. The zero-order chi connectivity index (χ0) is 20.7. The van der Waals surface area contributed by atoms with Crippen LogP contribution in [0.2, 0.25) is 0 Å². The Labute approximate surface area is 167 Å². The molecule has 0 unspecified atom stereocenters. The van der Waals surface area contributed by atoms with Crippen molar-refractivity contribution in [3.05, 3.63) is 39.6 Å². The number of aryl methyl sites for hydroxylation is 1. The molecule has 2 aliphatic rings. The van der Waals surface area contributed by atoms with E-state index >= 15 is 0 Å². The normalized spacial score (nSPS) is 18.8. The summed E-state index contributed by atoms with van der Waals surface area (Å²) in [5, 5.41) is 21.8. The second-order valence-corrected chi connectivity index (χ2v) is 8.92. The van der Waals surface area contributed by atoms with E-state index in [0.717, 1.165) is 0 Å². The number of hydrogen-bond donors (Lipinski definition) is 2. The van der Waals surface area contributed by atoms with Gasteiger partial charge in [-0.25, -0.2) is 0 Å². The van der Waals surface area contributed by atoms with E-state index in [9.17, 15) is 15.0 Å². The average Bonchev–Trinajstić information content (AvgIpc) is 2.60. The fourth-order valence-electron chi connectivity index (χ4n) is 4.14. The summed E-state index contributed by atoms with van der Waals surface area (Å²) in [5.74, 6) is 0.518. The van der Waals surface area contributed by atoms with E-state index in [4.69, 9.17) is 13.9 Å². The summed E-state index contributed by atoms with van der Waals surface area (Å²) in [6, 6.07) is 3.02. The standard InChI is InChI=1S/C23H22O6/c1-22(2)7-5-11-14(28-22)10-16-18(19(11)25)20(26)17-12-6-8-23(3,4)29-21(12)13(24)9-15(17)27-16/h5,7,9-10,24-25H,6,8H2,1-4H3. The van der Waals surface area contributed by atoms with Gasteiger partial charge in [0.25, 0.3) is 0 Å². The number of benzene rings is 2. The van der Waals surface area contributed by atoms with E-state index in [1.807, 2.05) is 33.8 Å². The molecule has 6 nitrogen and oxygen atoms in total. The molecule has 1 aromatic heterocycles. The highest BCUT2D eigenvalue weighted by atomic mass is 16.5. The minimum Gasteiger partial charge on any atom is -0.506 e. The van der Waals surface area contributed by atoms with Crippen molar-refractivity contribution in [2.75, 3.05) is 0 Å². The van der Waals surface area contributed by atoms with Crippen LogP contribution >= 0.6 is 0 Å². The summed E-state index contributed by atoms with van der Waals surface area (Å²) in [7, 11) is 0. The van der Waals surface area contributed by atoms with Crippen molar-refractivity contribution in [3.63, 3.8) is 0 Å². The van der Waals surface area contributed by atoms with Gasteiger partial charge in [0.15, 0.2) is 11.5 Å². The minimum atomic E-state index is -0.536. The number of aromatic hydroxyl groups is 2. The van der Waals surface area contributed by atoms with E-state index in [1.54, 1.807) is 12.1 Å². The molecule has 3 aromatic rings. The van der Waals surface area contributed by atoms with Gasteiger partial charge in [0, 0.05) is 17.7 Å². The number of fused-ring (bicyclic) bond motifs is 5. The van der Waals surface area contributed by atoms with Crippen LogP contribution in [0.5, 0.6) is 23.0 Å². The van der Waals surface area contributed by atoms with Crippen molar-refractivity contribution >= 4 is 28.0 Å². The third-order valence-electron chi connectivity index (χ3n) is 5.64. The lowest BCUT2D eigenvalue weighted by molar-refractivity contribution is 0.0811. The van der Waals surface area contributed by atoms with E-state index in [-0.39, 0.29) is 33.5 Å². The number of rotatable bonds is 0. The molecule has 150 valence electrons. The number of hydrogen-bond acceptors (Lipinski definition) is 6. The van der Waals surface area contributed by atoms with Gasteiger partial charge in [-0.3, -0.25) is 4.79 Å². The number of phenolic OH excluding ortho intramolecular Hbond substituents is 2. The topological polar surface area (TPSA) is 89.1 Å². The second-order valence-electron chi connectivity index (χ2n) is 8.92. The van der Waals surface area contributed by atoms with E-state index in [2.05, 4.69) is 0 Å². The Balaban J connectivity index is 1.87. The predicted molar refractivity (Wildman–Crippen MR) is 110 cm³/mol. The Kier molecular flexibility index (Phi) is 3.38. The summed E-state index contributed by atoms with van der Waals surface area (Å²) in [5.41, 5.74) is 0.206.